The van der Waals surface area contributed by atoms with Crippen LogP contribution in [-0.2, 0) is 13.1 Å². The van der Waals surface area contributed by atoms with Crippen LogP contribution < -0.4 is 5.32 Å². The van der Waals surface area contributed by atoms with Crippen molar-refractivity contribution in [1.29, 1.82) is 0 Å². The molecule has 0 unspecified atom stereocenters. The highest BCUT2D eigenvalue weighted by atomic mass is 15.1. The maximum atomic E-state index is 4.52. The van der Waals surface area contributed by atoms with E-state index in [9.17, 15) is 0 Å². The molecule has 1 heterocycles. The molecule has 0 radical (unpaired) electrons. The third-order valence-corrected chi connectivity index (χ3v) is 2.71. The van der Waals surface area contributed by atoms with E-state index in [2.05, 4.69) is 62.1 Å². The zero-order valence-electron chi connectivity index (χ0n) is 12.4. The van der Waals surface area contributed by atoms with E-state index >= 15 is 0 Å². The van der Waals surface area contributed by atoms with Crippen LogP contribution in [0.2, 0.25) is 0 Å². The lowest BCUT2D eigenvalue weighted by Crippen LogP contribution is -2.23. The van der Waals surface area contributed by atoms with Crippen molar-refractivity contribution in [2.75, 3.05) is 13.6 Å². The van der Waals surface area contributed by atoms with E-state index in [1.54, 1.807) is 0 Å². The van der Waals surface area contributed by atoms with Crippen LogP contribution in [0.3, 0.4) is 0 Å². The van der Waals surface area contributed by atoms with Gasteiger partial charge in [0.2, 0.25) is 0 Å². The van der Waals surface area contributed by atoms with Gasteiger partial charge < -0.3 is 10.2 Å². The van der Waals surface area contributed by atoms with Gasteiger partial charge in [-0.2, -0.15) is 0 Å². The molecular formula is C15H27N3. The van der Waals surface area contributed by atoms with E-state index in [4.69, 9.17) is 0 Å². The second-order valence-electron chi connectivity index (χ2n) is 5.78. The van der Waals surface area contributed by atoms with Gasteiger partial charge in [-0.1, -0.05) is 33.8 Å². The molecule has 0 atom stereocenters. The average molecular weight is 249 g/mol. The molecule has 0 bridgehead atoms. The third-order valence-electron chi connectivity index (χ3n) is 2.71. The largest absolute Gasteiger partial charge is 0.310 e. The molecule has 1 aromatic rings. The summed E-state index contributed by atoms with van der Waals surface area (Å²) in [6, 6.07) is 4.82. The average Bonchev–Trinajstić information content (AvgIpc) is 2.26. The van der Waals surface area contributed by atoms with Crippen LogP contribution in [0, 0.1) is 5.92 Å². The molecule has 1 N–H and O–H groups in total. The summed E-state index contributed by atoms with van der Waals surface area (Å²) < 4.78 is 0. The predicted molar refractivity (Wildman–Crippen MR) is 77.4 cm³/mol. The number of pyridine rings is 1. The van der Waals surface area contributed by atoms with Crippen molar-refractivity contribution in [2.24, 2.45) is 5.92 Å². The molecular weight excluding hydrogens is 222 g/mol. The molecule has 0 saturated heterocycles. The van der Waals surface area contributed by atoms with Crippen LogP contribution in [0.5, 0.6) is 0 Å². The Morgan fingerprint density at radius 2 is 1.94 bits per heavy atom. The summed E-state index contributed by atoms with van der Waals surface area (Å²) in [5.74, 6) is 0.699. The summed E-state index contributed by atoms with van der Waals surface area (Å²) >= 11 is 0. The highest BCUT2D eigenvalue weighted by molar-refractivity contribution is 5.14. The highest BCUT2D eigenvalue weighted by Gasteiger charge is 2.04. The molecule has 1 aromatic heterocycles. The Hall–Kier alpha value is -0.930. The molecule has 3 heteroatoms. The smallest absolute Gasteiger partial charge is 0.0544 e. The second-order valence-corrected chi connectivity index (χ2v) is 5.78. The van der Waals surface area contributed by atoms with Gasteiger partial charge in [0.25, 0.3) is 0 Å². The lowest BCUT2D eigenvalue weighted by atomic mass is 10.2. The maximum Gasteiger partial charge on any atom is 0.0544 e. The van der Waals surface area contributed by atoms with E-state index in [1.165, 1.54) is 5.56 Å². The number of aromatic nitrogens is 1. The van der Waals surface area contributed by atoms with Crippen LogP contribution in [-0.4, -0.2) is 29.5 Å². The highest BCUT2D eigenvalue weighted by Crippen LogP contribution is 2.05. The fourth-order valence-corrected chi connectivity index (χ4v) is 1.94. The standard InChI is InChI=1S/C15H27N3/c1-12(2)10-18(5)11-15-7-6-14(9-17-15)8-16-13(3)4/h6-7,9,12-13,16H,8,10-11H2,1-5H3. The van der Waals surface area contributed by atoms with E-state index < -0.39 is 0 Å². The Labute approximate surface area is 112 Å². The number of nitrogens with zero attached hydrogens (tertiary/aromatic N) is 2. The van der Waals surface area contributed by atoms with Crippen molar-refractivity contribution < 1.29 is 0 Å². The summed E-state index contributed by atoms with van der Waals surface area (Å²) in [6.07, 6.45) is 1.98. The minimum Gasteiger partial charge on any atom is -0.310 e. The monoisotopic (exact) mass is 249 g/mol. The zero-order valence-corrected chi connectivity index (χ0v) is 12.4. The van der Waals surface area contributed by atoms with Crippen LogP contribution in [0.4, 0.5) is 0 Å². The molecule has 18 heavy (non-hydrogen) atoms. The molecule has 0 aliphatic heterocycles. The number of hydrogen-bond donors (Lipinski definition) is 1. The Kier molecular flexibility index (Phi) is 6.30. The molecule has 0 saturated carbocycles. The Bertz CT molecular complexity index is 330. The normalized spacial score (nSPS) is 11.8. The first-order chi connectivity index (χ1) is 8.47. The van der Waals surface area contributed by atoms with E-state index in [0.717, 1.165) is 25.3 Å². The Morgan fingerprint density at radius 1 is 1.22 bits per heavy atom. The minimum absolute atomic E-state index is 0.516. The van der Waals surface area contributed by atoms with Gasteiger partial charge in [0.1, 0.15) is 0 Å². The summed E-state index contributed by atoms with van der Waals surface area (Å²) in [6.45, 7) is 11.7. The lowest BCUT2D eigenvalue weighted by molar-refractivity contribution is 0.285. The van der Waals surface area contributed by atoms with Crippen LogP contribution in [0.1, 0.15) is 39.0 Å². The third kappa shape index (κ3) is 6.12. The van der Waals surface area contributed by atoms with Gasteiger partial charge in [-0.3, -0.25) is 4.98 Å². The first-order valence-corrected chi connectivity index (χ1v) is 6.83. The van der Waals surface area contributed by atoms with Crippen molar-refractivity contribution in [3.8, 4) is 0 Å². The fourth-order valence-electron chi connectivity index (χ4n) is 1.94. The van der Waals surface area contributed by atoms with Gasteiger partial charge in [0.05, 0.1) is 5.69 Å². The molecule has 0 aliphatic carbocycles. The minimum atomic E-state index is 0.516. The van der Waals surface area contributed by atoms with Gasteiger partial charge in [0, 0.05) is 31.9 Å². The number of nitrogens with one attached hydrogen (secondary N) is 1. The van der Waals surface area contributed by atoms with Crippen molar-refractivity contribution >= 4 is 0 Å². The summed E-state index contributed by atoms with van der Waals surface area (Å²) in [5, 5.41) is 3.40. The summed E-state index contributed by atoms with van der Waals surface area (Å²) in [5.41, 5.74) is 2.39. The predicted octanol–water partition coefficient (Wildman–Crippen LogP) is 2.67. The van der Waals surface area contributed by atoms with Gasteiger partial charge in [0.15, 0.2) is 0 Å². The number of rotatable bonds is 7. The maximum absolute atomic E-state index is 4.52. The molecule has 0 spiro atoms. The second kappa shape index (κ2) is 7.49. The molecule has 0 amide bonds. The number of hydrogen-bond acceptors (Lipinski definition) is 3. The van der Waals surface area contributed by atoms with Gasteiger partial charge in [-0.05, 0) is 24.6 Å². The van der Waals surface area contributed by atoms with Crippen LogP contribution in [0.25, 0.3) is 0 Å². The van der Waals surface area contributed by atoms with E-state index in [1.807, 2.05) is 6.20 Å². The van der Waals surface area contributed by atoms with Crippen molar-refractivity contribution in [1.82, 2.24) is 15.2 Å². The topological polar surface area (TPSA) is 28.2 Å². The quantitative estimate of drug-likeness (QED) is 0.805. The van der Waals surface area contributed by atoms with Gasteiger partial charge in [-0.15, -0.1) is 0 Å². The molecule has 3 nitrogen and oxygen atoms in total. The van der Waals surface area contributed by atoms with Crippen molar-refractivity contribution in [3.63, 3.8) is 0 Å². The fraction of sp³-hybridized carbons (Fsp3) is 0.667. The molecule has 0 aromatic carbocycles. The van der Waals surface area contributed by atoms with Crippen molar-refractivity contribution in [3.05, 3.63) is 29.6 Å². The van der Waals surface area contributed by atoms with Crippen LogP contribution >= 0.6 is 0 Å². The Balaban J connectivity index is 2.44. The summed E-state index contributed by atoms with van der Waals surface area (Å²) in [4.78, 5) is 6.84. The van der Waals surface area contributed by atoms with Gasteiger partial charge in [-0.25, -0.2) is 0 Å². The van der Waals surface area contributed by atoms with Crippen LogP contribution in [0.15, 0.2) is 18.3 Å². The molecule has 0 fully saturated rings. The SMILES string of the molecule is CC(C)CN(C)Cc1ccc(CNC(C)C)cn1. The molecule has 0 aliphatic rings. The lowest BCUT2D eigenvalue weighted by Gasteiger charge is -2.18. The first-order valence-electron chi connectivity index (χ1n) is 6.83. The first kappa shape index (κ1) is 15.1. The van der Waals surface area contributed by atoms with Crippen molar-refractivity contribution in [2.45, 2.75) is 46.8 Å². The molecule has 102 valence electrons. The van der Waals surface area contributed by atoms with Gasteiger partial charge >= 0.3 is 0 Å². The van der Waals surface area contributed by atoms with E-state index in [-0.39, 0.29) is 0 Å². The Morgan fingerprint density at radius 3 is 2.44 bits per heavy atom. The summed E-state index contributed by atoms with van der Waals surface area (Å²) in [7, 11) is 2.15. The zero-order chi connectivity index (χ0) is 13.5. The molecule has 1 rings (SSSR count). The van der Waals surface area contributed by atoms with E-state index in [0.29, 0.717) is 12.0 Å².